The summed E-state index contributed by atoms with van der Waals surface area (Å²) in [6.45, 7) is 10.0. The highest BCUT2D eigenvalue weighted by molar-refractivity contribution is 5.82. The minimum atomic E-state index is -0.921. The molecular formula is C36H58N2O6. The Hall–Kier alpha value is -2.45. The molecule has 3 rings (SSSR count). The Labute approximate surface area is 265 Å². The van der Waals surface area contributed by atoms with Crippen LogP contribution in [0, 0.1) is 23.2 Å². The molecule has 1 saturated heterocycles. The number of aliphatic carboxylic acids is 1. The maximum Gasteiger partial charge on any atom is 0.308 e. The molecule has 1 aliphatic heterocycles. The fraction of sp³-hybridized carbons (Fsp3) is 0.750. The molecule has 248 valence electrons. The largest absolute Gasteiger partial charge is 0.481 e. The monoisotopic (exact) mass is 614 g/mol. The highest BCUT2D eigenvalue weighted by atomic mass is 16.7. The second-order valence-electron chi connectivity index (χ2n) is 14.3. The van der Waals surface area contributed by atoms with Crippen LogP contribution in [0.15, 0.2) is 30.3 Å². The van der Waals surface area contributed by atoms with E-state index in [4.69, 9.17) is 9.47 Å². The van der Waals surface area contributed by atoms with Crippen molar-refractivity contribution >= 4 is 17.8 Å². The van der Waals surface area contributed by atoms with Gasteiger partial charge in [0.25, 0.3) is 0 Å². The van der Waals surface area contributed by atoms with Crippen LogP contribution < -0.4 is 10.6 Å². The van der Waals surface area contributed by atoms with E-state index >= 15 is 0 Å². The number of rotatable bonds is 17. The van der Waals surface area contributed by atoms with E-state index in [1.54, 1.807) is 13.8 Å². The van der Waals surface area contributed by atoms with Crippen LogP contribution in [-0.2, 0) is 30.3 Å². The molecule has 0 aromatic heterocycles. The van der Waals surface area contributed by atoms with E-state index in [9.17, 15) is 19.5 Å². The zero-order valence-corrected chi connectivity index (χ0v) is 27.9. The van der Waals surface area contributed by atoms with E-state index in [0.29, 0.717) is 19.4 Å². The van der Waals surface area contributed by atoms with Gasteiger partial charge in [-0.15, -0.1) is 0 Å². The van der Waals surface area contributed by atoms with Crippen molar-refractivity contribution in [2.45, 2.75) is 136 Å². The van der Waals surface area contributed by atoms with Crippen molar-refractivity contribution in [2.75, 3.05) is 13.2 Å². The summed E-state index contributed by atoms with van der Waals surface area (Å²) in [5, 5.41) is 16.4. The predicted molar refractivity (Wildman–Crippen MR) is 173 cm³/mol. The fourth-order valence-electron chi connectivity index (χ4n) is 6.70. The van der Waals surface area contributed by atoms with Gasteiger partial charge in [-0.1, -0.05) is 102 Å². The lowest BCUT2D eigenvalue weighted by molar-refractivity contribution is -0.304. The number of carbonyl (C=O) groups is 3. The Kier molecular flexibility index (Phi) is 14.2. The number of ether oxygens (including phenoxy) is 2. The standard InChI is InChI=1S/C36H58N2O6/c1-6-7-8-9-10-11-15-19-28(22-26-17-13-12-14-18-26)32(39)38-29-21-16-20-27(23-29)30(34(41)42)24-37-33(40)31-35(2,3)25-43-36(4,5)44-31/h12-14,17-18,27-31H,6-11,15-16,19-25H2,1-5H3,(H,37,40)(H,38,39)(H,41,42). The first-order chi connectivity index (χ1) is 20.9. The van der Waals surface area contributed by atoms with E-state index < -0.39 is 29.2 Å². The van der Waals surface area contributed by atoms with Gasteiger partial charge in [0.1, 0.15) is 6.10 Å². The third kappa shape index (κ3) is 11.5. The van der Waals surface area contributed by atoms with Gasteiger partial charge in [0.2, 0.25) is 11.8 Å². The van der Waals surface area contributed by atoms with E-state index in [0.717, 1.165) is 38.5 Å². The summed E-state index contributed by atoms with van der Waals surface area (Å²) in [7, 11) is 0. The van der Waals surface area contributed by atoms with Crippen molar-refractivity contribution in [1.82, 2.24) is 10.6 Å². The lowest BCUT2D eigenvalue weighted by atomic mass is 9.77. The molecule has 1 aromatic carbocycles. The van der Waals surface area contributed by atoms with Crippen molar-refractivity contribution in [1.29, 1.82) is 0 Å². The third-order valence-corrected chi connectivity index (χ3v) is 9.44. The fourth-order valence-corrected chi connectivity index (χ4v) is 6.70. The summed E-state index contributed by atoms with van der Waals surface area (Å²) in [4.78, 5) is 39.2. The summed E-state index contributed by atoms with van der Waals surface area (Å²) in [5.74, 6) is -3.01. The molecule has 0 spiro atoms. The molecule has 1 aliphatic carbocycles. The SMILES string of the molecule is CCCCCCCCCC(Cc1ccccc1)C(=O)NC1CCCC(C(CNC(=O)C2OC(C)(C)OCC2(C)C)C(=O)O)C1. The minimum absolute atomic E-state index is 0.0333. The Morgan fingerprint density at radius 3 is 2.34 bits per heavy atom. The van der Waals surface area contributed by atoms with E-state index in [2.05, 4.69) is 29.7 Å². The lowest BCUT2D eigenvalue weighted by Crippen LogP contribution is -2.57. The summed E-state index contributed by atoms with van der Waals surface area (Å²) in [6, 6.07) is 10.1. The van der Waals surface area contributed by atoms with Crippen molar-refractivity contribution < 1.29 is 29.0 Å². The quantitative estimate of drug-likeness (QED) is 0.169. The van der Waals surface area contributed by atoms with Crippen molar-refractivity contribution in [3.8, 4) is 0 Å². The highest BCUT2D eigenvalue weighted by Crippen LogP contribution is 2.35. The van der Waals surface area contributed by atoms with Crippen LogP contribution in [-0.4, -0.2) is 54.0 Å². The van der Waals surface area contributed by atoms with Gasteiger partial charge >= 0.3 is 5.97 Å². The third-order valence-electron chi connectivity index (χ3n) is 9.44. The van der Waals surface area contributed by atoms with Gasteiger partial charge in [-0.25, -0.2) is 0 Å². The molecule has 1 aromatic rings. The van der Waals surface area contributed by atoms with Crippen LogP contribution in [0.5, 0.6) is 0 Å². The predicted octanol–water partition coefficient (Wildman–Crippen LogP) is 6.66. The Morgan fingerprint density at radius 2 is 1.66 bits per heavy atom. The Balaban J connectivity index is 1.57. The Morgan fingerprint density at radius 1 is 0.977 bits per heavy atom. The molecule has 8 heteroatoms. The van der Waals surface area contributed by atoms with E-state index in [1.807, 2.05) is 32.0 Å². The van der Waals surface area contributed by atoms with Gasteiger partial charge in [0.15, 0.2) is 5.79 Å². The highest BCUT2D eigenvalue weighted by Gasteiger charge is 2.46. The number of hydrogen-bond acceptors (Lipinski definition) is 5. The van der Waals surface area contributed by atoms with Crippen LogP contribution in [0.2, 0.25) is 0 Å². The Bertz CT molecular complexity index is 1040. The smallest absolute Gasteiger partial charge is 0.308 e. The first-order valence-corrected chi connectivity index (χ1v) is 17.1. The molecule has 0 bridgehead atoms. The summed E-state index contributed by atoms with van der Waals surface area (Å²) in [6.07, 6.45) is 12.4. The zero-order chi connectivity index (χ0) is 32.2. The van der Waals surface area contributed by atoms with Gasteiger partial charge in [-0.2, -0.15) is 0 Å². The first kappa shape index (κ1) is 36.0. The van der Waals surface area contributed by atoms with Gasteiger partial charge in [0, 0.05) is 23.9 Å². The van der Waals surface area contributed by atoms with Crippen molar-refractivity contribution in [3.63, 3.8) is 0 Å². The molecule has 2 amide bonds. The number of amides is 2. The van der Waals surface area contributed by atoms with E-state index in [1.165, 1.54) is 37.7 Å². The number of carboxylic acids is 1. The van der Waals surface area contributed by atoms with Crippen LogP contribution >= 0.6 is 0 Å². The summed E-state index contributed by atoms with van der Waals surface area (Å²) in [5.41, 5.74) is 0.628. The normalized spacial score (nSPS) is 24.2. The summed E-state index contributed by atoms with van der Waals surface area (Å²) < 4.78 is 11.7. The molecule has 5 atom stereocenters. The molecule has 44 heavy (non-hydrogen) atoms. The molecule has 8 nitrogen and oxygen atoms in total. The van der Waals surface area contributed by atoms with Gasteiger partial charge in [0.05, 0.1) is 12.5 Å². The molecule has 1 saturated carbocycles. The number of hydrogen-bond donors (Lipinski definition) is 3. The van der Waals surface area contributed by atoms with Crippen LogP contribution in [0.3, 0.4) is 0 Å². The molecule has 2 aliphatic rings. The summed E-state index contributed by atoms with van der Waals surface area (Å²) >= 11 is 0. The second-order valence-corrected chi connectivity index (χ2v) is 14.3. The minimum Gasteiger partial charge on any atom is -0.481 e. The average molecular weight is 615 g/mol. The number of unbranched alkanes of at least 4 members (excludes halogenated alkanes) is 6. The van der Waals surface area contributed by atoms with E-state index in [-0.39, 0.29) is 36.2 Å². The maximum absolute atomic E-state index is 13.6. The molecular weight excluding hydrogens is 556 g/mol. The van der Waals surface area contributed by atoms with Gasteiger partial charge < -0.3 is 25.2 Å². The molecule has 1 heterocycles. The van der Waals surface area contributed by atoms with Gasteiger partial charge in [-0.3, -0.25) is 14.4 Å². The number of nitrogens with one attached hydrogen (secondary N) is 2. The maximum atomic E-state index is 13.6. The van der Waals surface area contributed by atoms with Gasteiger partial charge in [-0.05, 0) is 57.4 Å². The first-order valence-electron chi connectivity index (χ1n) is 17.1. The molecule has 2 fully saturated rings. The van der Waals surface area contributed by atoms with Crippen LogP contribution in [0.4, 0.5) is 0 Å². The number of benzene rings is 1. The average Bonchev–Trinajstić information content (AvgIpc) is 2.98. The van der Waals surface area contributed by atoms with Crippen molar-refractivity contribution in [3.05, 3.63) is 35.9 Å². The zero-order valence-electron chi connectivity index (χ0n) is 27.9. The molecule has 0 radical (unpaired) electrons. The second kappa shape index (κ2) is 17.3. The lowest BCUT2D eigenvalue weighted by Gasteiger charge is -2.45. The molecule has 3 N–H and O–H groups in total. The topological polar surface area (TPSA) is 114 Å². The number of carboxylic acid groups (broad SMARTS) is 1. The van der Waals surface area contributed by atoms with Crippen LogP contribution in [0.1, 0.15) is 117 Å². The van der Waals surface area contributed by atoms with Crippen molar-refractivity contribution in [2.24, 2.45) is 23.2 Å². The number of carbonyl (C=O) groups excluding carboxylic acids is 2. The van der Waals surface area contributed by atoms with Crippen LogP contribution in [0.25, 0.3) is 0 Å². The molecule has 5 unspecified atom stereocenters.